The summed E-state index contributed by atoms with van der Waals surface area (Å²) in [5.41, 5.74) is 0. The molecule has 0 spiro atoms. The topological polar surface area (TPSA) is 20.3 Å². The van der Waals surface area contributed by atoms with Gasteiger partial charge >= 0.3 is 0 Å². The third kappa shape index (κ3) is 3.80. The molecule has 1 aliphatic carbocycles. The Labute approximate surface area is 106 Å². The molecule has 2 fully saturated rings. The van der Waals surface area contributed by atoms with Crippen LogP contribution >= 0.6 is 0 Å². The second-order valence-corrected chi connectivity index (χ2v) is 6.31. The largest absolute Gasteiger partial charge is 0.303 e. The summed E-state index contributed by atoms with van der Waals surface area (Å²) in [6.07, 6.45) is 7.89. The minimum absolute atomic E-state index is 0.359. The molecular weight excluding hydrogens is 210 g/mol. The summed E-state index contributed by atoms with van der Waals surface area (Å²) >= 11 is 0. The predicted molar refractivity (Wildman–Crippen MR) is 71.0 cm³/mol. The lowest BCUT2D eigenvalue weighted by atomic mass is 9.82. The monoisotopic (exact) mass is 237 g/mol. The molecule has 2 rings (SSSR count). The van der Waals surface area contributed by atoms with Crippen molar-refractivity contribution in [3.63, 3.8) is 0 Å². The lowest BCUT2D eigenvalue weighted by Crippen LogP contribution is -2.39. The first-order valence-corrected chi connectivity index (χ1v) is 7.38. The molecule has 0 aromatic rings. The van der Waals surface area contributed by atoms with Gasteiger partial charge in [0, 0.05) is 12.5 Å². The minimum Gasteiger partial charge on any atom is -0.303 e. The van der Waals surface area contributed by atoms with Gasteiger partial charge in [0.05, 0.1) is 0 Å². The fourth-order valence-electron chi connectivity index (χ4n) is 3.40. The Kier molecular flexibility index (Phi) is 4.61. The first-order chi connectivity index (χ1) is 8.15. The van der Waals surface area contributed by atoms with E-state index in [9.17, 15) is 4.79 Å². The zero-order valence-electron chi connectivity index (χ0n) is 11.5. The molecule has 0 atom stereocenters. The van der Waals surface area contributed by atoms with Gasteiger partial charge in [-0.15, -0.1) is 0 Å². The maximum Gasteiger partial charge on any atom is 0.133 e. The Morgan fingerprint density at radius 2 is 1.65 bits per heavy atom. The van der Waals surface area contributed by atoms with Crippen molar-refractivity contribution in [2.45, 2.75) is 52.4 Å². The van der Waals surface area contributed by atoms with Crippen LogP contribution in [0.3, 0.4) is 0 Å². The van der Waals surface area contributed by atoms with Crippen LogP contribution in [0.5, 0.6) is 0 Å². The summed E-state index contributed by atoms with van der Waals surface area (Å²) in [6, 6.07) is 0. The van der Waals surface area contributed by atoms with E-state index in [1.54, 1.807) is 6.92 Å². The van der Waals surface area contributed by atoms with Crippen molar-refractivity contribution in [2.24, 2.45) is 17.8 Å². The number of hydrogen-bond acceptors (Lipinski definition) is 2. The summed E-state index contributed by atoms with van der Waals surface area (Å²) in [5, 5.41) is 0. The normalized spacial score (nSPS) is 32.6. The van der Waals surface area contributed by atoms with Crippen molar-refractivity contribution in [1.82, 2.24) is 4.90 Å². The highest BCUT2D eigenvalue weighted by Gasteiger charge is 2.25. The average Bonchev–Trinajstić information content (AvgIpc) is 2.33. The number of hydrogen-bond donors (Lipinski definition) is 0. The van der Waals surface area contributed by atoms with E-state index in [0.717, 1.165) is 37.8 Å². The Balaban J connectivity index is 1.69. The van der Waals surface area contributed by atoms with Crippen LogP contribution in [-0.4, -0.2) is 30.3 Å². The van der Waals surface area contributed by atoms with Crippen molar-refractivity contribution in [1.29, 1.82) is 0 Å². The second kappa shape index (κ2) is 5.99. The van der Waals surface area contributed by atoms with Gasteiger partial charge in [-0.05, 0) is 57.5 Å². The van der Waals surface area contributed by atoms with Crippen LogP contribution in [0.25, 0.3) is 0 Å². The van der Waals surface area contributed by atoms with Crippen LogP contribution < -0.4 is 0 Å². The molecule has 0 N–H and O–H groups in total. The minimum atomic E-state index is 0.359. The van der Waals surface area contributed by atoms with Gasteiger partial charge in [0.15, 0.2) is 0 Å². The highest BCUT2D eigenvalue weighted by atomic mass is 16.1. The number of Topliss-reactive ketones (excluding diaryl/α,β-unsaturated/α-hetero) is 1. The van der Waals surface area contributed by atoms with Gasteiger partial charge in [-0.2, -0.15) is 0 Å². The summed E-state index contributed by atoms with van der Waals surface area (Å²) in [4.78, 5) is 13.9. The molecular formula is C15H27NO. The number of likely N-dealkylation sites (tertiary alicyclic amines) is 1. The van der Waals surface area contributed by atoms with E-state index in [-0.39, 0.29) is 0 Å². The molecule has 1 aliphatic heterocycles. The summed E-state index contributed by atoms with van der Waals surface area (Å²) in [6.45, 7) is 7.72. The number of ketones is 1. The third-order valence-electron chi connectivity index (χ3n) is 4.81. The Bertz CT molecular complexity index is 248. The van der Waals surface area contributed by atoms with Crippen LogP contribution in [0, 0.1) is 17.8 Å². The molecule has 0 aromatic carbocycles. The van der Waals surface area contributed by atoms with E-state index in [0.29, 0.717) is 11.7 Å². The Morgan fingerprint density at radius 3 is 2.18 bits per heavy atom. The van der Waals surface area contributed by atoms with E-state index in [1.807, 2.05) is 0 Å². The van der Waals surface area contributed by atoms with Crippen molar-refractivity contribution < 1.29 is 4.79 Å². The number of nitrogens with zero attached hydrogens (tertiary/aromatic N) is 1. The molecule has 0 radical (unpaired) electrons. The summed E-state index contributed by atoms with van der Waals surface area (Å²) < 4.78 is 0. The Hall–Kier alpha value is -0.370. The maximum absolute atomic E-state index is 11.3. The molecule has 2 heteroatoms. The number of rotatable bonds is 3. The van der Waals surface area contributed by atoms with E-state index in [2.05, 4.69) is 11.8 Å². The van der Waals surface area contributed by atoms with E-state index in [1.165, 1.54) is 32.2 Å². The maximum atomic E-state index is 11.3. The standard InChI is InChI=1S/C15H27NO/c1-12-3-5-14(6-4-12)11-16-9-7-15(8-10-16)13(2)17/h12,14-15H,3-11H2,1-2H3/t12-,14-. The molecule has 2 nitrogen and oxygen atoms in total. The molecule has 2 aliphatic rings. The smallest absolute Gasteiger partial charge is 0.133 e. The van der Waals surface area contributed by atoms with Crippen molar-refractivity contribution >= 4 is 5.78 Å². The molecule has 0 unspecified atom stereocenters. The Morgan fingerprint density at radius 1 is 1.06 bits per heavy atom. The van der Waals surface area contributed by atoms with Gasteiger partial charge in [-0.1, -0.05) is 19.8 Å². The van der Waals surface area contributed by atoms with Gasteiger partial charge in [0.1, 0.15) is 5.78 Å². The quantitative estimate of drug-likeness (QED) is 0.751. The summed E-state index contributed by atoms with van der Waals surface area (Å²) in [5.74, 6) is 2.64. The molecule has 17 heavy (non-hydrogen) atoms. The van der Waals surface area contributed by atoms with Crippen LogP contribution in [0.2, 0.25) is 0 Å². The second-order valence-electron chi connectivity index (χ2n) is 6.31. The molecule has 0 bridgehead atoms. The lowest BCUT2D eigenvalue weighted by Gasteiger charge is -2.35. The molecule has 98 valence electrons. The molecule has 1 saturated carbocycles. The number of piperidine rings is 1. The third-order valence-corrected chi connectivity index (χ3v) is 4.81. The van der Waals surface area contributed by atoms with Crippen molar-refractivity contribution in [2.75, 3.05) is 19.6 Å². The van der Waals surface area contributed by atoms with Gasteiger partial charge in [-0.25, -0.2) is 0 Å². The zero-order chi connectivity index (χ0) is 12.3. The molecule has 0 aromatic heterocycles. The van der Waals surface area contributed by atoms with E-state index >= 15 is 0 Å². The average molecular weight is 237 g/mol. The SMILES string of the molecule is CC(=O)C1CCN(C[C@H]2CC[C@H](C)CC2)CC1. The van der Waals surface area contributed by atoms with Gasteiger partial charge in [0.2, 0.25) is 0 Å². The van der Waals surface area contributed by atoms with Crippen molar-refractivity contribution in [3.05, 3.63) is 0 Å². The van der Waals surface area contributed by atoms with Crippen LogP contribution in [0.15, 0.2) is 0 Å². The molecule has 0 amide bonds. The van der Waals surface area contributed by atoms with Gasteiger partial charge in [0.25, 0.3) is 0 Å². The van der Waals surface area contributed by atoms with E-state index in [4.69, 9.17) is 0 Å². The molecule has 1 saturated heterocycles. The first kappa shape index (κ1) is 13.1. The van der Waals surface area contributed by atoms with Gasteiger partial charge in [-0.3, -0.25) is 4.79 Å². The van der Waals surface area contributed by atoms with Crippen LogP contribution in [0.4, 0.5) is 0 Å². The van der Waals surface area contributed by atoms with Crippen molar-refractivity contribution in [3.8, 4) is 0 Å². The number of carbonyl (C=O) groups is 1. The van der Waals surface area contributed by atoms with E-state index < -0.39 is 0 Å². The highest BCUT2D eigenvalue weighted by Crippen LogP contribution is 2.29. The number of carbonyl (C=O) groups excluding carboxylic acids is 1. The van der Waals surface area contributed by atoms with Crippen LogP contribution in [0.1, 0.15) is 52.4 Å². The lowest BCUT2D eigenvalue weighted by molar-refractivity contribution is -0.122. The van der Waals surface area contributed by atoms with Gasteiger partial charge < -0.3 is 4.90 Å². The fourth-order valence-corrected chi connectivity index (χ4v) is 3.40. The first-order valence-electron chi connectivity index (χ1n) is 7.38. The summed E-state index contributed by atoms with van der Waals surface area (Å²) in [7, 11) is 0. The van der Waals surface area contributed by atoms with Crippen LogP contribution in [-0.2, 0) is 4.79 Å². The molecule has 1 heterocycles. The fraction of sp³-hybridized carbons (Fsp3) is 0.933. The predicted octanol–water partition coefficient (Wildman–Crippen LogP) is 3.11. The highest BCUT2D eigenvalue weighted by molar-refractivity contribution is 5.78. The zero-order valence-corrected chi connectivity index (χ0v) is 11.5.